The Morgan fingerprint density at radius 1 is 1.47 bits per heavy atom. The number of nitrogens with one attached hydrogen (secondary N) is 1. The predicted molar refractivity (Wildman–Crippen MR) is 68.1 cm³/mol. The van der Waals surface area contributed by atoms with Gasteiger partial charge in [0.1, 0.15) is 5.84 Å². The summed E-state index contributed by atoms with van der Waals surface area (Å²) in [5, 5.41) is 24.5. The van der Waals surface area contributed by atoms with E-state index in [0.29, 0.717) is 6.42 Å². The van der Waals surface area contributed by atoms with Crippen molar-refractivity contribution in [3.8, 4) is 0 Å². The van der Waals surface area contributed by atoms with Crippen molar-refractivity contribution in [3.63, 3.8) is 0 Å². The number of aliphatic hydroxyl groups excluding tert-OH is 1. The lowest BCUT2D eigenvalue weighted by Crippen LogP contribution is -2.41. The summed E-state index contributed by atoms with van der Waals surface area (Å²) in [4.78, 5) is 0. The van der Waals surface area contributed by atoms with Crippen molar-refractivity contribution in [2.24, 2.45) is 16.3 Å². The molecule has 0 saturated heterocycles. The van der Waals surface area contributed by atoms with Gasteiger partial charge < -0.3 is 21.4 Å². The Labute approximate surface area is 103 Å². The summed E-state index contributed by atoms with van der Waals surface area (Å²) in [6.45, 7) is 3.14. The molecular formula is C12H25N3O2. The Balaban J connectivity index is 2.40. The van der Waals surface area contributed by atoms with Crippen molar-refractivity contribution in [3.05, 3.63) is 0 Å². The summed E-state index contributed by atoms with van der Waals surface area (Å²) >= 11 is 0. The molecule has 0 bridgehead atoms. The van der Waals surface area contributed by atoms with E-state index in [0.717, 1.165) is 25.8 Å². The molecule has 1 fully saturated rings. The van der Waals surface area contributed by atoms with Crippen LogP contribution >= 0.6 is 0 Å². The lowest BCUT2D eigenvalue weighted by atomic mass is 9.87. The van der Waals surface area contributed by atoms with Crippen molar-refractivity contribution >= 4 is 5.84 Å². The lowest BCUT2D eigenvalue weighted by molar-refractivity contribution is 0.124. The van der Waals surface area contributed by atoms with E-state index in [1.165, 1.54) is 12.8 Å². The van der Waals surface area contributed by atoms with Crippen LogP contribution in [0.1, 0.15) is 45.4 Å². The highest BCUT2D eigenvalue weighted by Crippen LogP contribution is 2.37. The van der Waals surface area contributed by atoms with Crippen LogP contribution in [-0.2, 0) is 0 Å². The van der Waals surface area contributed by atoms with Crippen LogP contribution in [0.3, 0.4) is 0 Å². The number of nitrogens with zero attached hydrogens (tertiary/aromatic N) is 1. The molecule has 5 N–H and O–H groups in total. The van der Waals surface area contributed by atoms with Gasteiger partial charge >= 0.3 is 0 Å². The second-order valence-corrected chi connectivity index (χ2v) is 5.15. The van der Waals surface area contributed by atoms with Gasteiger partial charge in [0.25, 0.3) is 0 Å². The molecule has 5 nitrogen and oxygen atoms in total. The van der Waals surface area contributed by atoms with Gasteiger partial charge in [-0.1, -0.05) is 24.9 Å². The standard InChI is InChI=1S/C12H25N3O2/c1-2-10(7-11(13)15-17)14-8-12(9-16)5-3-4-6-12/h10,14,16-17H,2-9H2,1H3,(H2,13,15). The third-order valence-corrected chi connectivity index (χ3v) is 3.84. The molecule has 1 atom stereocenters. The summed E-state index contributed by atoms with van der Waals surface area (Å²) < 4.78 is 0. The van der Waals surface area contributed by atoms with Crippen molar-refractivity contribution in [2.45, 2.75) is 51.5 Å². The molecule has 0 radical (unpaired) electrons. The van der Waals surface area contributed by atoms with E-state index in [4.69, 9.17) is 10.9 Å². The van der Waals surface area contributed by atoms with Crippen molar-refractivity contribution in [1.29, 1.82) is 0 Å². The largest absolute Gasteiger partial charge is 0.409 e. The maximum atomic E-state index is 9.50. The lowest BCUT2D eigenvalue weighted by Gasteiger charge is -2.29. The van der Waals surface area contributed by atoms with Gasteiger partial charge in [-0.3, -0.25) is 0 Å². The topological polar surface area (TPSA) is 90.9 Å². The Bertz CT molecular complexity index is 250. The van der Waals surface area contributed by atoms with Crippen LogP contribution in [-0.4, -0.2) is 35.3 Å². The molecule has 1 aliphatic carbocycles. The number of hydrogen-bond donors (Lipinski definition) is 4. The fourth-order valence-electron chi connectivity index (χ4n) is 2.53. The highest BCUT2D eigenvalue weighted by Gasteiger charge is 2.33. The molecule has 100 valence electrons. The third kappa shape index (κ3) is 4.16. The van der Waals surface area contributed by atoms with Crippen molar-refractivity contribution in [2.75, 3.05) is 13.2 Å². The molecule has 1 aliphatic rings. The van der Waals surface area contributed by atoms with Crippen LogP contribution in [0.5, 0.6) is 0 Å². The smallest absolute Gasteiger partial charge is 0.140 e. The van der Waals surface area contributed by atoms with Gasteiger partial charge in [0, 0.05) is 31.0 Å². The minimum atomic E-state index is 0.0541. The summed E-state index contributed by atoms with van der Waals surface area (Å²) in [5.41, 5.74) is 5.56. The van der Waals surface area contributed by atoms with Crippen LogP contribution in [0.4, 0.5) is 0 Å². The Kier molecular flexibility index (Phi) is 5.71. The highest BCUT2D eigenvalue weighted by molar-refractivity contribution is 5.80. The fraction of sp³-hybridized carbons (Fsp3) is 0.917. The molecule has 0 aliphatic heterocycles. The number of rotatable bonds is 7. The zero-order valence-electron chi connectivity index (χ0n) is 10.7. The highest BCUT2D eigenvalue weighted by atomic mass is 16.4. The van der Waals surface area contributed by atoms with Crippen LogP contribution in [0, 0.1) is 5.41 Å². The zero-order chi connectivity index (χ0) is 12.7. The van der Waals surface area contributed by atoms with Gasteiger partial charge in [-0.15, -0.1) is 0 Å². The van der Waals surface area contributed by atoms with E-state index < -0.39 is 0 Å². The van der Waals surface area contributed by atoms with E-state index in [2.05, 4.69) is 17.4 Å². The molecule has 17 heavy (non-hydrogen) atoms. The van der Waals surface area contributed by atoms with Crippen LogP contribution in [0.15, 0.2) is 5.16 Å². The van der Waals surface area contributed by atoms with E-state index in [-0.39, 0.29) is 23.9 Å². The SMILES string of the molecule is CCC(CC(N)=NO)NCC1(CO)CCCC1. The quantitative estimate of drug-likeness (QED) is 0.233. The summed E-state index contributed by atoms with van der Waals surface area (Å²) in [6, 6.07) is 0.218. The Morgan fingerprint density at radius 3 is 2.59 bits per heavy atom. The van der Waals surface area contributed by atoms with Crippen LogP contribution in [0.2, 0.25) is 0 Å². The summed E-state index contributed by atoms with van der Waals surface area (Å²) in [7, 11) is 0. The molecule has 1 rings (SSSR count). The summed E-state index contributed by atoms with van der Waals surface area (Å²) in [5.74, 6) is 0.258. The average Bonchev–Trinajstić information content (AvgIpc) is 2.83. The number of aliphatic hydroxyl groups is 1. The Hall–Kier alpha value is -0.810. The first-order valence-electron chi connectivity index (χ1n) is 6.46. The molecule has 0 amide bonds. The van der Waals surface area contributed by atoms with E-state index in [1.807, 2.05) is 0 Å². The van der Waals surface area contributed by atoms with Crippen molar-refractivity contribution in [1.82, 2.24) is 5.32 Å². The zero-order valence-corrected chi connectivity index (χ0v) is 10.7. The minimum absolute atomic E-state index is 0.0541. The van der Waals surface area contributed by atoms with Gasteiger partial charge in [0.05, 0.1) is 0 Å². The molecule has 0 aromatic rings. The molecule has 0 spiro atoms. The van der Waals surface area contributed by atoms with E-state index >= 15 is 0 Å². The van der Waals surface area contributed by atoms with Gasteiger partial charge in [0.2, 0.25) is 0 Å². The van der Waals surface area contributed by atoms with E-state index in [9.17, 15) is 5.11 Å². The monoisotopic (exact) mass is 243 g/mol. The maximum absolute atomic E-state index is 9.50. The van der Waals surface area contributed by atoms with Crippen molar-refractivity contribution < 1.29 is 10.3 Å². The maximum Gasteiger partial charge on any atom is 0.140 e. The van der Waals surface area contributed by atoms with Crippen LogP contribution in [0.25, 0.3) is 0 Å². The number of nitrogens with two attached hydrogens (primary N) is 1. The second kappa shape index (κ2) is 6.81. The van der Waals surface area contributed by atoms with Crippen LogP contribution < -0.4 is 11.1 Å². The molecule has 1 saturated carbocycles. The Morgan fingerprint density at radius 2 is 2.12 bits per heavy atom. The van der Waals surface area contributed by atoms with E-state index in [1.54, 1.807) is 0 Å². The van der Waals surface area contributed by atoms with Gasteiger partial charge in [-0.25, -0.2) is 0 Å². The normalized spacial score (nSPS) is 21.6. The molecular weight excluding hydrogens is 218 g/mol. The molecule has 5 heteroatoms. The molecule has 0 heterocycles. The van der Waals surface area contributed by atoms with Gasteiger partial charge in [0.15, 0.2) is 0 Å². The summed E-state index contributed by atoms with van der Waals surface area (Å²) in [6.07, 6.45) is 6.08. The molecule has 0 aromatic heterocycles. The first-order valence-corrected chi connectivity index (χ1v) is 6.46. The predicted octanol–water partition coefficient (Wildman–Crippen LogP) is 1.04. The first-order chi connectivity index (χ1) is 8.15. The van der Waals surface area contributed by atoms with Gasteiger partial charge in [-0.05, 0) is 19.3 Å². The molecule has 0 aromatic carbocycles. The third-order valence-electron chi connectivity index (χ3n) is 3.84. The number of amidine groups is 1. The molecule has 1 unspecified atom stereocenters. The van der Waals surface area contributed by atoms with Gasteiger partial charge in [-0.2, -0.15) is 0 Å². The first kappa shape index (κ1) is 14.3. The average molecular weight is 243 g/mol. The number of hydrogen-bond acceptors (Lipinski definition) is 4. The number of oxime groups is 1. The minimum Gasteiger partial charge on any atom is -0.409 e. The fourth-order valence-corrected chi connectivity index (χ4v) is 2.53. The second-order valence-electron chi connectivity index (χ2n) is 5.15.